The number of rotatable bonds is 7. The van der Waals surface area contributed by atoms with E-state index in [1.807, 2.05) is 65.7 Å². The number of carbonyl (C=O) groups excluding carboxylic acids is 1. The molecule has 1 saturated heterocycles. The first kappa shape index (κ1) is 24.1. The highest BCUT2D eigenvalue weighted by Crippen LogP contribution is 2.36. The summed E-state index contributed by atoms with van der Waals surface area (Å²) in [7, 11) is 0. The second-order valence-corrected chi connectivity index (χ2v) is 10.9. The highest BCUT2D eigenvalue weighted by molar-refractivity contribution is 5.94. The molecule has 1 amide bonds. The standard InChI is InChI=1S/C32H37N3O2/c36-32(25-11-15-29(16-12-25)34-18-3-4-19-34)33-28-13-9-24(10-14-28)17-21-35-20-2-1-7-30(35)27-22-26-6-5-8-31(26)37-23-27/h3-6,8,11-12,15-16,18-19,22-24,28,30H,1-2,7,9-10,13-14,17,20-21H2,(H,33,36). The Kier molecular flexibility index (Phi) is 7.13. The van der Waals surface area contributed by atoms with Crippen LogP contribution in [0.2, 0.25) is 0 Å². The lowest BCUT2D eigenvalue weighted by molar-refractivity contribution is 0.0915. The van der Waals surface area contributed by atoms with Crippen molar-refractivity contribution in [3.8, 4) is 17.0 Å². The van der Waals surface area contributed by atoms with Crippen LogP contribution in [0.15, 0.2) is 83.7 Å². The fourth-order valence-corrected chi connectivity index (χ4v) is 6.30. The predicted molar refractivity (Wildman–Crippen MR) is 147 cm³/mol. The number of hydrogen-bond acceptors (Lipinski definition) is 3. The Hall–Kier alpha value is -3.31. The molecule has 2 aliphatic heterocycles. The summed E-state index contributed by atoms with van der Waals surface area (Å²) in [4.78, 5) is 15.5. The van der Waals surface area contributed by atoms with Crippen molar-refractivity contribution < 1.29 is 9.21 Å². The van der Waals surface area contributed by atoms with Crippen molar-refractivity contribution in [1.29, 1.82) is 0 Å². The summed E-state index contributed by atoms with van der Waals surface area (Å²) in [6, 6.07) is 21.2. The third-order valence-electron chi connectivity index (χ3n) is 8.49. The van der Waals surface area contributed by atoms with Gasteiger partial charge in [-0.2, -0.15) is 0 Å². The fourth-order valence-electron chi connectivity index (χ4n) is 6.30. The van der Waals surface area contributed by atoms with Gasteiger partial charge in [-0.1, -0.05) is 18.6 Å². The quantitative estimate of drug-likeness (QED) is 0.298. The van der Waals surface area contributed by atoms with Crippen LogP contribution in [0.5, 0.6) is 0 Å². The number of carbonyl (C=O) groups is 1. The van der Waals surface area contributed by atoms with Crippen LogP contribution in [-0.4, -0.2) is 34.5 Å². The van der Waals surface area contributed by atoms with Gasteiger partial charge in [-0.15, -0.1) is 0 Å². The molecule has 5 nitrogen and oxygen atoms in total. The summed E-state index contributed by atoms with van der Waals surface area (Å²) >= 11 is 0. The molecule has 37 heavy (non-hydrogen) atoms. The average molecular weight is 496 g/mol. The molecule has 3 heterocycles. The van der Waals surface area contributed by atoms with Crippen LogP contribution in [0.4, 0.5) is 0 Å². The lowest BCUT2D eigenvalue weighted by Crippen LogP contribution is -2.39. The molecule has 1 atom stereocenters. The van der Waals surface area contributed by atoms with E-state index in [0.29, 0.717) is 6.04 Å². The minimum Gasteiger partial charge on any atom is -0.464 e. The van der Waals surface area contributed by atoms with Crippen molar-refractivity contribution in [2.75, 3.05) is 13.1 Å². The SMILES string of the molecule is O=C(NC1CCC(CCN2CCCCC2c2coc3cccc-3c2)CC1)c1ccc(-n2cccc2)cc1. The summed E-state index contributed by atoms with van der Waals surface area (Å²) < 4.78 is 7.96. The van der Waals surface area contributed by atoms with Crippen LogP contribution in [-0.2, 0) is 0 Å². The molecule has 5 heteroatoms. The van der Waals surface area contributed by atoms with E-state index >= 15 is 0 Å². The van der Waals surface area contributed by atoms with Gasteiger partial charge in [-0.05, 0) is 112 Å². The molecular weight excluding hydrogens is 458 g/mol. The van der Waals surface area contributed by atoms with Gasteiger partial charge in [0.15, 0.2) is 0 Å². The number of aromatic nitrogens is 1. The minimum atomic E-state index is 0.0471. The normalized spacial score (nSPS) is 22.8. The van der Waals surface area contributed by atoms with Crippen LogP contribution in [0.3, 0.4) is 0 Å². The van der Waals surface area contributed by atoms with E-state index in [2.05, 4.69) is 28.4 Å². The Morgan fingerprint density at radius 2 is 1.73 bits per heavy atom. The second-order valence-electron chi connectivity index (χ2n) is 10.9. The van der Waals surface area contributed by atoms with Gasteiger partial charge >= 0.3 is 0 Å². The lowest BCUT2D eigenvalue weighted by Gasteiger charge is -2.37. The van der Waals surface area contributed by atoms with Gasteiger partial charge in [0.1, 0.15) is 5.76 Å². The molecular formula is C32H37N3O2. The van der Waals surface area contributed by atoms with Crippen molar-refractivity contribution in [1.82, 2.24) is 14.8 Å². The smallest absolute Gasteiger partial charge is 0.251 e. The van der Waals surface area contributed by atoms with Gasteiger partial charge in [-0.25, -0.2) is 0 Å². The first-order chi connectivity index (χ1) is 18.2. The number of nitrogens with one attached hydrogen (secondary N) is 1. The number of benzene rings is 1. The summed E-state index contributed by atoms with van der Waals surface area (Å²) in [5.41, 5.74) is 4.34. The van der Waals surface area contributed by atoms with Gasteiger partial charge in [0.2, 0.25) is 0 Å². The predicted octanol–water partition coefficient (Wildman–Crippen LogP) is 7.08. The van der Waals surface area contributed by atoms with Crippen LogP contribution in [0, 0.1) is 5.92 Å². The maximum absolute atomic E-state index is 12.8. The van der Waals surface area contributed by atoms with E-state index in [4.69, 9.17) is 4.42 Å². The van der Waals surface area contributed by atoms with Crippen molar-refractivity contribution in [3.63, 3.8) is 0 Å². The summed E-state index contributed by atoms with van der Waals surface area (Å²) in [6.07, 6.45) is 15.6. The highest BCUT2D eigenvalue weighted by atomic mass is 16.3. The maximum atomic E-state index is 12.8. The molecule has 192 valence electrons. The number of piperidine rings is 1. The average Bonchev–Trinajstić information content (AvgIpc) is 3.65. The number of fused-ring (bicyclic) bond motifs is 1. The number of amides is 1. The largest absolute Gasteiger partial charge is 0.464 e. The van der Waals surface area contributed by atoms with E-state index in [1.54, 1.807) is 0 Å². The molecule has 2 fully saturated rings. The van der Waals surface area contributed by atoms with E-state index in [-0.39, 0.29) is 11.9 Å². The Balaban J connectivity index is 0.982. The Morgan fingerprint density at radius 3 is 2.54 bits per heavy atom. The van der Waals surface area contributed by atoms with Crippen molar-refractivity contribution >= 4 is 5.91 Å². The van der Waals surface area contributed by atoms with Gasteiger partial charge in [0.05, 0.1) is 6.26 Å². The monoisotopic (exact) mass is 495 g/mol. The van der Waals surface area contributed by atoms with Gasteiger partial charge in [0.25, 0.3) is 5.91 Å². The Labute approximate surface area is 219 Å². The third-order valence-corrected chi connectivity index (χ3v) is 8.49. The highest BCUT2D eigenvalue weighted by Gasteiger charge is 2.28. The van der Waals surface area contributed by atoms with Crippen LogP contribution < -0.4 is 5.32 Å². The third kappa shape index (κ3) is 5.52. The molecule has 0 spiro atoms. The maximum Gasteiger partial charge on any atom is 0.251 e. The molecule has 1 aromatic heterocycles. The zero-order valence-electron chi connectivity index (χ0n) is 21.5. The Morgan fingerprint density at radius 1 is 0.919 bits per heavy atom. The number of hydrogen-bond donors (Lipinski definition) is 1. The minimum absolute atomic E-state index is 0.0471. The first-order valence-electron chi connectivity index (χ1n) is 14.0. The first-order valence-corrected chi connectivity index (χ1v) is 14.0. The van der Waals surface area contributed by atoms with Gasteiger partial charge < -0.3 is 14.3 Å². The van der Waals surface area contributed by atoms with E-state index in [0.717, 1.165) is 42.3 Å². The zero-order valence-corrected chi connectivity index (χ0v) is 21.5. The van der Waals surface area contributed by atoms with E-state index < -0.39 is 0 Å². The number of nitrogens with zero attached hydrogens (tertiary/aromatic N) is 2. The van der Waals surface area contributed by atoms with Crippen molar-refractivity contribution in [2.24, 2.45) is 5.92 Å². The molecule has 6 rings (SSSR count). The lowest BCUT2D eigenvalue weighted by atomic mass is 9.83. The van der Waals surface area contributed by atoms with Gasteiger partial charge in [-0.3, -0.25) is 9.69 Å². The summed E-state index contributed by atoms with van der Waals surface area (Å²) in [5.74, 6) is 1.77. The van der Waals surface area contributed by atoms with Crippen molar-refractivity contribution in [2.45, 2.75) is 63.5 Å². The van der Waals surface area contributed by atoms with E-state index in [9.17, 15) is 4.79 Å². The van der Waals surface area contributed by atoms with Crippen LogP contribution in [0.25, 0.3) is 17.0 Å². The van der Waals surface area contributed by atoms with E-state index in [1.165, 1.54) is 56.2 Å². The summed E-state index contributed by atoms with van der Waals surface area (Å²) in [5, 5.41) is 3.29. The van der Waals surface area contributed by atoms with Gasteiger partial charge in [0, 0.05) is 46.9 Å². The molecule has 0 bridgehead atoms. The fraction of sp³-hybridized carbons (Fsp3) is 0.406. The Bertz CT molecular complexity index is 1250. The zero-order chi connectivity index (χ0) is 25.0. The molecule has 2 aliphatic carbocycles. The number of likely N-dealkylation sites (tertiary alicyclic amines) is 1. The molecule has 0 radical (unpaired) electrons. The molecule has 1 N–H and O–H groups in total. The molecule has 1 aromatic carbocycles. The second kappa shape index (κ2) is 11.0. The molecule has 4 aliphatic rings. The molecule has 1 saturated carbocycles. The molecule has 1 unspecified atom stereocenters. The molecule has 2 aromatic rings. The van der Waals surface area contributed by atoms with Crippen LogP contribution >= 0.6 is 0 Å². The van der Waals surface area contributed by atoms with Crippen molar-refractivity contribution in [3.05, 3.63) is 90.4 Å². The summed E-state index contributed by atoms with van der Waals surface area (Å²) in [6.45, 7) is 2.33. The van der Waals surface area contributed by atoms with Crippen LogP contribution in [0.1, 0.15) is 73.3 Å². The topological polar surface area (TPSA) is 50.4 Å².